The topological polar surface area (TPSA) is 56.7 Å². The molecule has 5 heteroatoms. The van der Waals surface area contributed by atoms with Gasteiger partial charge in [0.05, 0.1) is 16.4 Å². The first-order valence-electron chi connectivity index (χ1n) is 16.7. The zero-order valence-corrected chi connectivity index (χ0v) is 26.9. The van der Waals surface area contributed by atoms with E-state index in [-0.39, 0.29) is 0 Å². The maximum absolute atomic E-state index is 6.57. The van der Waals surface area contributed by atoms with Crippen LogP contribution >= 0.6 is 0 Å². The highest BCUT2D eigenvalue weighted by molar-refractivity contribution is 6.26. The van der Waals surface area contributed by atoms with Gasteiger partial charge in [-0.3, -0.25) is 0 Å². The number of rotatable bonds is 5. The van der Waals surface area contributed by atoms with Crippen molar-refractivity contribution < 1.29 is 4.42 Å². The average molecular weight is 641 g/mol. The predicted molar refractivity (Wildman–Crippen MR) is 203 cm³/mol. The van der Waals surface area contributed by atoms with E-state index in [0.717, 1.165) is 71.9 Å². The van der Waals surface area contributed by atoms with E-state index >= 15 is 0 Å². The fourth-order valence-corrected chi connectivity index (χ4v) is 7.16. The molecule has 3 aromatic heterocycles. The molecule has 50 heavy (non-hydrogen) atoms. The Labute approximate surface area is 287 Å². The number of aromatic nitrogens is 4. The van der Waals surface area contributed by atoms with Gasteiger partial charge in [-0.1, -0.05) is 127 Å². The maximum Gasteiger partial charge on any atom is 0.164 e. The van der Waals surface area contributed by atoms with Gasteiger partial charge in [-0.15, -0.1) is 0 Å². The van der Waals surface area contributed by atoms with Gasteiger partial charge < -0.3 is 8.98 Å². The largest absolute Gasteiger partial charge is 0.456 e. The molecule has 0 fully saturated rings. The first kappa shape index (κ1) is 28.2. The summed E-state index contributed by atoms with van der Waals surface area (Å²) in [6.45, 7) is 0. The fourth-order valence-electron chi connectivity index (χ4n) is 7.16. The minimum atomic E-state index is 0.612. The highest BCUT2D eigenvalue weighted by Crippen LogP contribution is 2.41. The van der Waals surface area contributed by atoms with Gasteiger partial charge in [0.2, 0.25) is 0 Å². The summed E-state index contributed by atoms with van der Waals surface area (Å²) < 4.78 is 8.89. The first-order chi connectivity index (χ1) is 24.8. The third-order valence-corrected chi connectivity index (χ3v) is 9.43. The lowest BCUT2D eigenvalue weighted by Gasteiger charge is -2.12. The van der Waals surface area contributed by atoms with Crippen LogP contribution in [0.2, 0.25) is 0 Å². The number of hydrogen-bond donors (Lipinski definition) is 0. The first-order valence-corrected chi connectivity index (χ1v) is 16.7. The molecule has 0 saturated heterocycles. The lowest BCUT2D eigenvalue weighted by molar-refractivity contribution is 0.664. The van der Waals surface area contributed by atoms with Gasteiger partial charge >= 0.3 is 0 Å². The van der Waals surface area contributed by atoms with Crippen LogP contribution in [0.3, 0.4) is 0 Å². The van der Waals surface area contributed by atoms with Gasteiger partial charge in [0.1, 0.15) is 11.2 Å². The second-order valence-corrected chi connectivity index (χ2v) is 12.5. The zero-order valence-electron chi connectivity index (χ0n) is 26.9. The summed E-state index contributed by atoms with van der Waals surface area (Å²) in [7, 11) is 0. The molecule has 10 aromatic rings. The Kier molecular flexibility index (Phi) is 6.42. The van der Waals surface area contributed by atoms with Crippen LogP contribution in [0.5, 0.6) is 0 Å². The molecule has 0 aliphatic carbocycles. The van der Waals surface area contributed by atoms with Crippen LogP contribution in [0, 0.1) is 0 Å². The van der Waals surface area contributed by atoms with Crippen molar-refractivity contribution in [3.63, 3.8) is 0 Å². The van der Waals surface area contributed by atoms with Crippen molar-refractivity contribution in [2.24, 2.45) is 0 Å². The van der Waals surface area contributed by atoms with Gasteiger partial charge in [-0.25, -0.2) is 15.0 Å². The van der Waals surface area contributed by atoms with Gasteiger partial charge in [0, 0.05) is 33.2 Å². The Bertz CT molecular complexity index is 2870. The molecule has 0 radical (unpaired) electrons. The summed E-state index contributed by atoms with van der Waals surface area (Å²) in [5, 5.41) is 4.53. The third-order valence-electron chi connectivity index (χ3n) is 9.43. The highest BCUT2D eigenvalue weighted by atomic mass is 16.3. The molecule has 0 spiro atoms. The Morgan fingerprint density at radius 1 is 0.360 bits per heavy atom. The number of benzene rings is 7. The lowest BCUT2D eigenvalue weighted by atomic mass is 10.0. The molecule has 0 saturated carbocycles. The number of nitrogens with zero attached hydrogens (tertiary/aromatic N) is 4. The van der Waals surface area contributed by atoms with E-state index in [9.17, 15) is 0 Å². The van der Waals surface area contributed by atoms with Crippen LogP contribution in [0.25, 0.3) is 94.7 Å². The van der Waals surface area contributed by atoms with Crippen LogP contribution < -0.4 is 0 Å². The van der Waals surface area contributed by atoms with Crippen LogP contribution in [0.4, 0.5) is 0 Å². The number of fused-ring (bicyclic) bond motifs is 2. The molecule has 0 amide bonds. The molecule has 234 valence electrons. The standard InChI is InChI=1S/C45H28N4O/c1-3-13-29(14-4-1)31-17-9-18-32(27-31)44-46-43(30-15-5-2-6-16-30)47-45(48-44)33-19-10-20-34(28-33)49-37-23-11-22-36-35-21-7-8-25-39(35)50-40-26-12-24-38(49)42(40)41(36)37/h1-28H. The predicted octanol–water partition coefficient (Wildman–Crippen LogP) is 11.5. The van der Waals surface area contributed by atoms with Crippen molar-refractivity contribution in [3.8, 4) is 51.0 Å². The molecule has 7 aromatic carbocycles. The monoisotopic (exact) mass is 640 g/mol. The third kappa shape index (κ3) is 4.60. The molecule has 3 heterocycles. The minimum absolute atomic E-state index is 0.612. The molecule has 0 aliphatic heterocycles. The molecular formula is C45H28N4O. The SMILES string of the molecule is c1ccc(-c2cccc(-c3nc(-c4ccccc4)nc(-c4cccc(-n5c6cccc7oc8ccccc8c8cccc5c8c76)c4)n3)c2)cc1. The van der Waals surface area contributed by atoms with Gasteiger partial charge in [-0.05, 0) is 59.0 Å². The minimum Gasteiger partial charge on any atom is -0.456 e. The van der Waals surface area contributed by atoms with E-state index < -0.39 is 0 Å². The smallest absolute Gasteiger partial charge is 0.164 e. The molecule has 0 unspecified atom stereocenters. The van der Waals surface area contributed by atoms with E-state index in [4.69, 9.17) is 19.4 Å². The van der Waals surface area contributed by atoms with Crippen LogP contribution in [0.1, 0.15) is 0 Å². The summed E-state index contributed by atoms with van der Waals surface area (Å²) in [4.78, 5) is 15.2. The average Bonchev–Trinajstić information content (AvgIpc) is 3.46. The Morgan fingerprint density at radius 2 is 0.880 bits per heavy atom. The highest BCUT2D eigenvalue weighted by Gasteiger charge is 2.19. The second kappa shape index (κ2) is 11.4. The van der Waals surface area contributed by atoms with Crippen molar-refractivity contribution in [2.75, 3.05) is 0 Å². The van der Waals surface area contributed by atoms with Gasteiger partial charge in [0.15, 0.2) is 17.5 Å². The second-order valence-electron chi connectivity index (χ2n) is 12.5. The summed E-state index contributed by atoms with van der Waals surface area (Å²) in [5.74, 6) is 1.87. The normalized spacial score (nSPS) is 11.6. The number of para-hydroxylation sites is 1. The summed E-state index contributed by atoms with van der Waals surface area (Å²) in [6.07, 6.45) is 0. The van der Waals surface area contributed by atoms with Gasteiger partial charge in [0.25, 0.3) is 0 Å². The van der Waals surface area contributed by atoms with Crippen molar-refractivity contribution >= 4 is 43.7 Å². The molecule has 0 bridgehead atoms. The quantitative estimate of drug-likeness (QED) is 0.188. The van der Waals surface area contributed by atoms with Crippen molar-refractivity contribution in [2.45, 2.75) is 0 Å². The zero-order chi connectivity index (χ0) is 33.0. The molecule has 5 nitrogen and oxygen atoms in total. The van der Waals surface area contributed by atoms with Crippen LogP contribution in [0.15, 0.2) is 174 Å². The summed E-state index contributed by atoms with van der Waals surface area (Å²) in [5.41, 5.74) is 9.95. The molecule has 0 N–H and O–H groups in total. The van der Waals surface area contributed by atoms with E-state index in [1.165, 1.54) is 5.39 Å². The number of hydrogen-bond acceptors (Lipinski definition) is 4. The Hall–Kier alpha value is -6.85. The van der Waals surface area contributed by atoms with Crippen molar-refractivity contribution in [1.82, 2.24) is 19.5 Å². The van der Waals surface area contributed by atoms with Crippen LogP contribution in [-0.4, -0.2) is 19.5 Å². The summed E-state index contributed by atoms with van der Waals surface area (Å²) in [6, 6.07) is 58.4. The van der Waals surface area contributed by atoms with E-state index in [2.05, 4.69) is 126 Å². The maximum atomic E-state index is 6.57. The van der Waals surface area contributed by atoms with Crippen LogP contribution in [-0.2, 0) is 0 Å². The molecule has 0 aliphatic rings. The molecule has 10 rings (SSSR count). The molecule has 0 atom stereocenters. The Morgan fingerprint density at radius 3 is 1.66 bits per heavy atom. The molecular weight excluding hydrogens is 613 g/mol. The van der Waals surface area contributed by atoms with E-state index in [1.807, 2.05) is 48.5 Å². The lowest BCUT2D eigenvalue weighted by Crippen LogP contribution is -2.01. The fraction of sp³-hybridized carbons (Fsp3) is 0. The van der Waals surface area contributed by atoms with Crippen molar-refractivity contribution in [3.05, 3.63) is 170 Å². The van der Waals surface area contributed by atoms with Crippen molar-refractivity contribution in [1.29, 1.82) is 0 Å². The summed E-state index contributed by atoms with van der Waals surface area (Å²) >= 11 is 0. The Balaban J connectivity index is 1.18. The van der Waals surface area contributed by atoms with Gasteiger partial charge in [-0.2, -0.15) is 0 Å². The van der Waals surface area contributed by atoms with E-state index in [1.54, 1.807) is 0 Å². The van der Waals surface area contributed by atoms with E-state index in [0.29, 0.717) is 17.5 Å².